The number of nitrogens with two attached hydrogens (primary N) is 1. The summed E-state index contributed by atoms with van der Waals surface area (Å²) in [6.07, 6.45) is -1.37. The van der Waals surface area contributed by atoms with Gasteiger partial charge in [0.2, 0.25) is 11.8 Å². The molecule has 0 heterocycles. The summed E-state index contributed by atoms with van der Waals surface area (Å²) in [5.41, 5.74) is 9.24. The van der Waals surface area contributed by atoms with Crippen molar-refractivity contribution in [3.8, 4) is 11.1 Å². The highest BCUT2D eigenvalue weighted by Gasteiger charge is 2.30. The van der Waals surface area contributed by atoms with Crippen LogP contribution in [0.3, 0.4) is 0 Å². The van der Waals surface area contributed by atoms with E-state index in [0.29, 0.717) is 0 Å². The molecule has 0 saturated heterocycles. The summed E-state index contributed by atoms with van der Waals surface area (Å²) >= 11 is 0. The zero-order valence-corrected chi connectivity index (χ0v) is 16.7. The van der Waals surface area contributed by atoms with E-state index < -0.39 is 36.5 Å². The number of fused-ring (bicyclic) bond motifs is 3. The quantitative estimate of drug-likeness (QED) is 0.477. The number of carbonyl (C=O) groups is 4. The molecule has 9 heteroatoms. The summed E-state index contributed by atoms with van der Waals surface area (Å²) < 4.78 is 5.38. The van der Waals surface area contributed by atoms with Gasteiger partial charge in [-0.25, -0.2) is 4.79 Å². The summed E-state index contributed by atoms with van der Waals surface area (Å²) in [6.45, 7) is -0.372. The van der Waals surface area contributed by atoms with Crippen molar-refractivity contribution in [1.82, 2.24) is 10.6 Å². The Morgan fingerprint density at radius 3 is 2.13 bits per heavy atom. The molecule has 3 amide bonds. The molecule has 0 bridgehead atoms. The molecule has 1 unspecified atom stereocenters. The molecule has 162 valence electrons. The predicted octanol–water partition coefficient (Wildman–Crippen LogP) is 1.36. The minimum absolute atomic E-state index is 0.0500. The van der Waals surface area contributed by atoms with Crippen molar-refractivity contribution in [2.24, 2.45) is 5.73 Å². The zero-order valence-electron chi connectivity index (χ0n) is 16.7. The second-order valence-electron chi connectivity index (χ2n) is 7.14. The third kappa shape index (κ3) is 5.39. The van der Waals surface area contributed by atoms with Gasteiger partial charge >= 0.3 is 12.1 Å². The van der Waals surface area contributed by atoms with E-state index in [4.69, 9.17) is 15.6 Å². The molecule has 2 aromatic carbocycles. The van der Waals surface area contributed by atoms with Gasteiger partial charge in [-0.3, -0.25) is 14.4 Å². The van der Waals surface area contributed by atoms with Gasteiger partial charge in [0.1, 0.15) is 12.6 Å². The van der Waals surface area contributed by atoms with Crippen molar-refractivity contribution in [3.05, 3.63) is 59.7 Å². The molecule has 0 aromatic heterocycles. The number of ether oxygens (including phenoxy) is 1. The third-order valence-electron chi connectivity index (χ3n) is 5.04. The van der Waals surface area contributed by atoms with Crippen molar-refractivity contribution >= 4 is 23.9 Å². The molecule has 0 fully saturated rings. The number of carbonyl (C=O) groups excluding carboxylic acids is 3. The van der Waals surface area contributed by atoms with Crippen LogP contribution in [0.4, 0.5) is 4.79 Å². The van der Waals surface area contributed by atoms with Crippen molar-refractivity contribution in [1.29, 1.82) is 0 Å². The molecule has 3 rings (SSSR count). The number of carboxylic acid groups (broad SMARTS) is 1. The normalized spacial score (nSPS) is 12.9. The number of nitrogens with one attached hydrogen (secondary N) is 2. The summed E-state index contributed by atoms with van der Waals surface area (Å²) in [5, 5.41) is 13.5. The van der Waals surface area contributed by atoms with Crippen LogP contribution >= 0.6 is 0 Å². The van der Waals surface area contributed by atoms with E-state index in [-0.39, 0.29) is 25.4 Å². The van der Waals surface area contributed by atoms with Crippen LogP contribution in [0.2, 0.25) is 0 Å². The van der Waals surface area contributed by atoms with E-state index in [1.165, 1.54) is 0 Å². The molecule has 0 radical (unpaired) electrons. The number of benzene rings is 2. The smallest absolute Gasteiger partial charge is 0.407 e. The molecule has 31 heavy (non-hydrogen) atoms. The number of aliphatic carboxylic acids is 1. The zero-order chi connectivity index (χ0) is 22.4. The lowest BCUT2D eigenvalue weighted by Gasteiger charge is -2.19. The predicted molar refractivity (Wildman–Crippen MR) is 111 cm³/mol. The molecule has 0 aliphatic heterocycles. The summed E-state index contributed by atoms with van der Waals surface area (Å²) in [4.78, 5) is 46.3. The minimum atomic E-state index is -1.17. The maximum absolute atomic E-state index is 12.4. The Bertz CT molecular complexity index is 961. The second-order valence-corrected chi connectivity index (χ2v) is 7.14. The molecule has 0 spiro atoms. The molecule has 1 atom stereocenters. The van der Waals surface area contributed by atoms with E-state index in [1.54, 1.807) is 0 Å². The number of primary amides is 1. The number of hydrogen-bond donors (Lipinski definition) is 4. The lowest BCUT2D eigenvalue weighted by Crippen LogP contribution is -2.49. The van der Waals surface area contributed by atoms with Gasteiger partial charge in [0.05, 0.1) is 6.54 Å². The largest absolute Gasteiger partial charge is 0.481 e. The fourth-order valence-electron chi connectivity index (χ4n) is 3.62. The monoisotopic (exact) mass is 425 g/mol. The van der Waals surface area contributed by atoms with Gasteiger partial charge in [0.15, 0.2) is 0 Å². The van der Waals surface area contributed by atoms with Crippen molar-refractivity contribution in [2.75, 3.05) is 13.2 Å². The second kappa shape index (κ2) is 9.75. The Hall–Kier alpha value is -3.88. The fraction of sp³-hybridized carbons (Fsp3) is 0.273. The lowest BCUT2D eigenvalue weighted by atomic mass is 9.98. The number of rotatable bonds is 9. The van der Waals surface area contributed by atoms with Gasteiger partial charge < -0.3 is 26.2 Å². The van der Waals surface area contributed by atoms with Gasteiger partial charge in [-0.2, -0.15) is 0 Å². The van der Waals surface area contributed by atoms with E-state index in [0.717, 1.165) is 22.3 Å². The van der Waals surface area contributed by atoms with Gasteiger partial charge in [-0.1, -0.05) is 48.5 Å². The molecule has 1 aliphatic rings. The van der Waals surface area contributed by atoms with Crippen molar-refractivity contribution < 1.29 is 29.0 Å². The van der Waals surface area contributed by atoms with Crippen LogP contribution in [-0.4, -0.2) is 48.2 Å². The van der Waals surface area contributed by atoms with Crippen LogP contribution in [0.15, 0.2) is 48.5 Å². The van der Waals surface area contributed by atoms with Crippen LogP contribution in [0.1, 0.15) is 29.9 Å². The average Bonchev–Trinajstić information content (AvgIpc) is 3.07. The maximum Gasteiger partial charge on any atom is 0.407 e. The first-order valence-corrected chi connectivity index (χ1v) is 9.76. The Morgan fingerprint density at radius 1 is 1.00 bits per heavy atom. The van der Waals surface area contributed by atoms with Crippen molar-refractivity contribution in [2.45, 2.75) is 24.8 Å². The highest BCUT2D eigenvalue weighted by molar-refractivity contribution is 5.89. The van der Waals surface area contributed by atoms with E-state index in [1.807, 2.05) is 48.5 Å². The van der Waals surface area contributed by atoms with E-state index >= 15 is 0 Å². The summed E-state index contributed by atoms with van der Waals surface area (Å²) in [7, 11) is 0. The molecule has 5 N–H and O–H groups in total. The van der Waals surface area contributed by atoms with Crippen LogP contribution in [-0.2, 0) is 19.1 Å². The molecular weight excluding hydrogens is 402 g/mol. The van der Waals surface area contributed by atoms with Gasteiger partial charge in [0.25, 0.3) is 0 Å². The summed E-state index contributed by atoms with van der Waals surface area (Å²) in [6, 6.07) is 14.5. The molecule has 1 aliphatic carbocycles. The Balaban J connectivity index is 1.65. The topological polar surface area (TPSA) is 148 Å². The first-order valence-electron chi connectivity index (χ1n) is 9.76. The maximum atomic E-state index is 12.4. The first kappa shape index (κ1) is 21.8. The van der Waals surface area contributed by atoms with Crippen molar-refractivity contribution in [3.63, 3.8) is 0 Å². The standard InChI is InChI=1S/C22H23N3O6/c23-19(26)11-24-21(29)18(9-10-20(27)28)25-22(30)31-12-17-15-7-3-1-5-13(15)14-6-2-4-8-16(14)17/h1-8,17-18H,9-12H2,(H2,23,26)(H,24,29)(H,25,30)(H,27,28). The number of amides is 3. The Kier molecular flexibility index (Phi) is 6.86. The molecule has 9 nitrogen and oxygen atoms in total. The van der Waals surface area contributed by atoms with E-state index in [9.17, 15) is 19.2 Å². The van der Waals surface area contributed by atoms with Crippen LogP contribution in [0, 0.1) is 0 Å². The van der Waals surface area contributed by atoms with Crippen LogP contribution < -0.4 is 16.4 Å². The third-order valence-corrected chi connectivity index (χ3v) is 5.04. The number of carboxylic acids is 1. The van der Waals surface area contributed by atoms with Gasteiger partial charge in [0, 0.05) is 12.3 Å². The van der Waals surface area contributed by atoms with Gasteiger partial charge in [-0.15, -0.1) is 0 Å². The lowest BCUT2D eigenvalue weighted by molar-refractivity contribution is -0.137. The first-order chi connectivity index (χ1) is 14.9. The SMILES string of the molecule is NC(=O)CNC(=O)C(CCC(=O)O)NC(=O)OCC1c2ccccc2-c2ccccc21. The Labute approximate surface area is 178 Å². The number of alkyl carbamates (subject to hydrolysis) is 1. The Morgan fingerprint density at radius 2 is 1.58 bits per heavy atom. The average molecular weight is 425 g/mol. The molecule has 0 saturated carbocycles. The molecule has 2 aromatic rings. The fourth-order valence-corrected chi connectivity index (χ4v) is 3.62. The highest BCUT2D eigenvalue weighted by Crippen LogP contribution is 2.44. The number of hydrogen-bond acceptors (Lipinski definition) is 5. The van der Waals surface area contributed by atoms with Gasteiger partial charge in [-0.05, 0) is 28.7 Å². The highest BCUT2D eigenvalue weighted by atomic mass is 16.5. The summed E-state index contributed by atoms with van der Waals surface area (Å²) in [5.74, 6) is -2.75. The minimum Gasteiger partial charge on any atom is -0.481 e. The molecular formula is C22H23N3O6. The van der Waals surface area contributed by atoms with Crippen LogP contribution in [0.5, 0.6) is 0 Å². The van der Waals surface area contributed by atoms with E-state index in [2.05, 4.69) is 10.6 Å². The van der Waals surface area contributed by atoms with Crippen LogP contribution in [0.25, 0.3) is 11.1 Å².